The molecule has 0 spiro atoms. The maximum atomic E-state index is 5.46. The molecule has 2 aromatic heterocycles. The number of hydrogen-bond donors (Lipinski definition) is 2. The van der Waals surface area contributed by atoms with E-state index < -0.39 is 0 Å². The van der Waals surface area contributed by atoms with Crippen molar-refractivity contribution in [2.45, 2.75) is 6.54 Å². The van der Waals surface area contributed by atoms with E-state index >= 15 is 0 Å². The van der Waals surface area contributed by atoms with Crippen LogP contribution in [0.3, 0.4) is 0 Å². The molecule has 3 aromatic rings. The summed E-state index contributed by atoms with van der Waals surface area (Å²) in [5, 5.41) is 6.74. The number of anilines is 4. The lowest BCUT2D eigenvalue weighted by Gasteiger charge is -2.30. The first kappa shape index (κ1) is 17.2. The first-order valence-corrected chi connectivity index (χ1v) is 9.02. The van der Waals surface area contributed by atoms with Gasteiger partial charge in [0.1, 0.15) is 18.0 Å². The van der Waals surface area contributed by atoms with Gasteiger partial charge in [-0.2, -0.15) is 0 Å². The van der Waals surface area contributed by atoms with Crippen molar-refractivity contribution >= 4 is 23.0 Å². The minimum Gasteiger partial charge on any atom is -0.378 e. The molecule has 0 unspecified atom stereocenters. The molecule has 1 aliphatic heterocycles. The zero-order valence-corrected chi connectivity index (χ0v) is 15.0. The molecular weight excluding hydrogens is 340 g/mol. The van der Waals surface area contributed by atoms with Gasteiger partial charge in [0.15, 0.2) is 0 Å². The van der Waals surface area contributed by atoms with Gasteiger partial charge < -0.3 is 20.3 Å². The van der Waals surface area contributed by atoms with Crippen molar-refractivity contribution in [3.63, 3.8) is 0 Å². The van der Waals surface area contributed by atoms with Gasteiger partial charge in [0.05, 0.1) is 24.6 Å². The second kappa shape index (κ2) is 8.46. The molecule has 1 aliphatic rings. The SMILES string of the molecule is c1ccc(N2CCOCC2)c(Nc2cc(NCc3ccncc3)ncn2)c1. The van der Waals surface area contributed by atoms with Crippen LogP contribution in [-0.4, -0.2) is 41.3 Å². The molecule has 0 radical (unpaired) electrons. The minimum atomic E-state index is 0.684. The summed E-state index contributed by atoms with van der Waals surface area (Å²) in [4.78, 5) is 15.0. The zero-order valence-electron chi connectivity index (χ0n) is 15.0. The largest absolute Gasteiger partial charge is 0.378 e. The molecule has 0 bridgehead atoms. The fraction of sp³-hybridized carbons (Fsp3) is 0.250. The highest BCUT2D eigenvalue weighted by Gasteiger charge is 2.14. The zero-order chi connectivity index (χ0) is 18.3. The normalized spacial score (nSPS) is 14.0. The average Bonchev–Trinajstić information content (AvgIpc) is 2.74. The summed E-state index contributed by atoms with van der Waals surface area (Å²) in [5.41, 5.74) is 3.33. The summed E-state index contributed by atoms with van der Waals surface area (Å²) >= 11 is 0. The van der Waals surface area contributed by atoms with Crippen molar-refractivity contribution in [2.24, 2.45) is 0 Å². The van der Waals surface area contributed by atoms with E-state index in [1.807, 2.05) is 24.3 Å². The van der Waals surface area contributed by atoms with Gasteiger partial charge in [-0.05, 0) is 29.8 Å². The van der Waals surface area contributed by atoms with Gasteiger partial charge in [-0.15, -0.1) is 0 Å². The molecule has 4 rings (SSSR count). The van der Waals surface area contributed by atoms with Crippen molar-refractivity contribution < 1.29 is 4.74 Å². The fourth-order valence-corrected chi connectivity index (χ4v) is 3.01. The van der Waals surface area contributed by atoms with Crippen LogP contribution < -0.4 is 15.5 Å². The topological polar surface area (TPSA) is 75.2 Å². The van der Waals surface area contributed by atoms with Crippen LogP contribution in [0.1, 0.15) is 5.56 Å². The molecule has 7 nitrogen and oxygen atoms in total. The molecule has 1 fully saturated rings. The quantitative estimate of drug-likeness (QED) is 0.698. The van der Waals surface area contributed by atoms with Gasteiger partial charge in [-0.25, -0.2) is 9.97 Å². The Morgan fingerprint density at radius 2 is 1.74 bits per heavy atom. The van der Waals surface area contributed by atoms with E-state index in [1.165, 1.54) is 0 Å². The summed E-state index contributed by atoms with van der Waals surface area (Å²) < 4.78 is 5.46. The third-order valence-electron chi connectivity index (χ3n) is 4.41. The first-order chi connectivity index (χ1) is 13.4. The number of rotatable bonds is 6. The van der Waals surface area contributed by atoms with Crippen LogP contribution in [0, 0.1) is 0 Å². The Morgan fingerprint density at radius 1 is 0.963 bits per heavy atom. The van der Waals surface area contributed by atoms with E-state index in [2.05, 4.69) is 48.7 Å². The number of pyridine rings is 1. The van der Waals surface area contributed by atoms with Crippen molar-refractivity contribution in [3.8, 4) is 0 Å². The second-order valence-electron chi connectivity index (χ2n) is 6.24. The van der Waals surface area contributed by atoms with Crippen LogP contribution in [0.5, 0.6) is 0 Å². The number of benzene rings is 1. The van der Waals surface area contributed by atoms with Crippen LogP contribution >= 0.6 is 0 Å². The maximum Gasteiger partial charge on any atom is 0.135 e. The molecular formula is C20H22N6O. The number of aromatic nitrogens is 3. The average molecular weight is 362 g/mol. The molecule has 0 amide bonds. The maximum absolute atomic E-state index is 5.46. The highest BCUT2D eigenvalue weighted by Crippen LogP contribution is 2.29. The summed E-state index contributed by atoms with van der Waals surface area (Å²) in [5.74, 6) is 1.52. The van der Waals surface area contributed by atoms with Crippen molar-refractivity contribution in [2.75, 3.05) is 41.8 Å². The Morgan fingerprint density at radius 3 is 2.59 bits per heavy atom. The van der Waals surface area contributed by atoms with Crippen LogP contribution in [0.2, 0.25) is 0 Å². The van der Waals surface area contributed by atoms with Crippen molar-refractivity contribution in [1.82, 2.24) is 15.0 Å². The van der Waals surface area contributed by atoms with E-state index in [1.54, 1.807) is 18.7 Å². The number of hydrogen-bond acceptors (Lipinski definition) is 7. The lowest BCUT2D eigenvalue weighted by molar-refractivity contribution is 0.123. The van der Waals surface area contributed by atoms with E-state index in [0.717, 1.165) is 54.9 Å². The lowest BCUT2D eigenvalue weighted by Crippen LogP contribution is -2.36. The fourth-order valence-electron chi connectivity index (χ4n) is 3.01. The van der Waals surface area contributed by atoms with Gasteiger partial charge in [0, 0.05) is 38.1 Å². The van der Waals surface area contributed by atoms with E-state index in [4.69, 9.17) is 4.74 Å². The highest BCUT2D eigenvalue weighted by atomic mass is 16.5. The van der Waals surface area contributed by atoms with Gasteiger partial charge in [-0.3, -0.25) is 4.98 Å². The smallest absolute Gasteiger partial charge is 0.135 e. The van der Waals surface area contributed by atoms with Crippen LogP contribution in [0.25, 0.3) is 0 Å². The minimum absolute atomic E-state index is 0.684. The summed E-state index contributed by atoms with van der Waals surface area (Å²) in [6.45, 7) is 3.97. The Hall–Kier alpha value is -3.19. The standard InChI is InChI=1S/C20H22N6O/c1-2-4-18(26-9-11-27-12-10-26)17(3-1)25-20-13-19(23-15-24-20)22-14-16-5-7-21-8-6-16/h1-8,13,15H,9-12,14H2,(H2,22,23,24,25). The van der Waals surface area contributed by atoms with Crippen LogP contribution in [-0.2, 0) is 11.3 Å². The molecule has 1 aromatic carbocycles. The van der Waals surface area contributed by atoms with Gasteiger partial charge >= 0.3 is 0 Å². The Bertz CT molecular complexity index is 867. The molecule has 0 saturated carbocycles. The monoisotopic (exact) mass is 362 g/mol. The van der Waals surface area contributed by atoms with E-state index in [-0.39, 0.29) is 0 Å². The van der Waals surface area contributed by atoms with Crippen molar-refractivity contribution in [1.29, 1.82) is 0 Å². The first-order valence-electron chi connectivity index (χ1n) is 9.02. The number of morpholine rings is 1. The van der Waals surface area contributed by atoms with E-state index in [9.17, 15) is 0 Å². The Kier molecular flexibility index (Phi) is 5.40. The summed E-state index contributed by atoms with van der Waals surface area (Å²) in [6.07, 6.45) is 5.13. The summed E-state index contributed by atoms with van der Waals surface area (Å²) in [6, 6.07) is 14.1. The predicted molar refractivity (Wildman–Crippen MR) is 106 cm³/mol. The Labute approximate surface area is 158 Å². The van der Waals surface area contributed by atoms with Crippen LogP contribution in [0.15, 0.2) is 61.2 Å². The molecule has 1 saturated heterocycles. The Balaban J connectivity index is 1.47. The molecule has 7 heteroatoms. The number of nitrogens with one attached hydrogen (secondary N) is 2. The second-order valence-corrected chi connectivity index (χ2v) is 6.24. The molecule has 3 heterocycles. The van der Waals surface area contributed by atoms with Gasteiger partial charge in [0.25, 0.3) is 0 Å². The molecule has 0 aliphatic carbocycles. The van der Waals surface area contributed by atoms with E-state index in [0.29, 0.717) is 6.54 Å². The highest BCUT2D eigenvalue weighted by molar-refractivity contribution is 5.74. The third-order valence-corrected chi connectivity index (χ3v) is 4.41. The molecule has 0 atom stereocenters. The summed E-state index contributed by atoms with van der Waals surface area (Å²) in [7, 11) is 0. The van der Waals surface area contributed by atoms with Crippen molar-refractivity contribution in [3.05, 3.63) is 66.7 Å². The van der Waals surface area contributed by atoms with Crippen LogP contribution in [0.4, 0.5) is 23.0 Å². The molecule has 27 heavy (non-hydrogen) atoms. The van der Waals surface area contributed by atoms with Gasteiger partial charge in [0.2, 0.25) is 0 Å². The number of ether oxygens (including phenoxy) is 1. The van der Waals surface area contributed by atoms with Gasteiger partial charge in [-0.1, -0.05) is 12.1 Å². The predicted octanol–water partition coefficient (Wildman–Crippen LogP) is 3.06. The molecule has 138 valence electrons. The third kappa shape index (κ3) is 4.51. The number of para-hydroxylation sites is 2. The number of nitrogens with zero attached hydrogens (tertiary/aromatic N) is 4. The lowest BCUT2D eigenvalue weighted by atomic mass is 10.2. The molecule has 2 N–H and O–H groups in total.